The van der Waals surface area contributed by atoms with E-state index in [4.69, 9.17) is 9.47 Å². The molecule has 1 amide bonds. The van der Waals surface area contributed by atoms with Crippen LogP contribution in [-0.4, -0.2) is 31.0 Å². The van der Waals surface area contributed by atoms with Gasteiger partial charge in [0, 0.05) is 6.42 Å². The maximum absolute atomic E-state index is 11.1. The number of nitrogens with one attached hydrogen (secondary N) is 1. The fourth-order valence-corrected chi connectivity index (χ4v) is 1.89. The molecule has 1 aromatic carbocycles. The summed E-state index contributed by atoms with van der Waals surface area (Å²) < 4.78 is 10.1. The fourth-order valence-electron chi connectivity index (χ4n) is 1.89. The molecule has 1 aliphatic rings. The van der Waals surface area contributed by atoms with E-state index in [0.717, 1.165) is 23.3 Å². The molecule has 0 fully saturated rings. The van der Waals surface area contributed by atoms with Gasteiger partial charge >= 0.3 is 6.09 Å². The van der Waals surface area contributed by atoms with Crippen LogP contribution in [0.4, 0.5) is 4.79 Å². The van der Waals surface area contributed by atoms with Crippen LogP contribution in [0.5, 0.6) is 5.75 Å². The predicted octanol–water partition coefficient (Wildman–Crippen LogP) is 1.40. The molecular formula is C13H17NO4. The van der Waals surface area contributed by atoms with Crippen LogP contribution in [0.15, 0.2) is 18.2 Å². The molecule has 0 saturated heterocycles. The van der Waals surface area contributed by atoms with Crippen LogP contribution < -0.4 is 10.1 Å². The molecule has 18 heavy (non-hydrogen) atoms. The van der Waals surface area contributed by atoms with Crippen LogP contribution in [0.25, 0.3) is 0 Å². The first kappa shape index (κ1) is 12.7. The Bertz CT molecular complexity index is 433. The second-order valence-electron chi connectivity index (χ2n) is 4.08. The van der Waals surface area contributed by atoms with Crippen molar-refractivity contribution >= 4 is 6.09 Å². The molecule has 0 aromatic heterocycles. The minimum absolute atomic E-state index is 0.137. The van der Waals surface area contributed by atoms with Gasteiger partial charge < -0.3 is 19.9 Å². The van der Waals surface area contributed by atoms with Crippen molar-refractivity contribution in [2.24, 2.45) is 0 Å². The average molecular weight is 251 g/mol. The third-order valence-corrected chi connectivity index (χ3v) is 2.81. The number of carbonyl (C=O) groups is 1. The van der Waals surface area contributed by atoms with Gasteiger partial charge in [0.2, 0.25) is 0 Å². The highest BCUT2D eigenvalue weighted by molar-refractivity contribution is 5.67. The number of rotatable bonds is 4. The third-order valence-electron chi connectivity index (χ3n) is 2.81. The highest BCUT2D eigenvalue weighted by Gasteiger charge is 2.16. The molecule has 0 saturated carbocycles. The number of carbonyl (C=O) groups excluding carboxylic acids is 1. The Morgan fingerprint density at radius 1 is 1.61 bits per heavy atom. The monoisotopic (exact) mass is 251 g/mol. The molecule has 5 nitrogen and oxygen atoms in total. The first-order valence-electron chi connectivity index (χ1n) is 6.05. The summed E-state index contributed by atoms with van der Waals surface area (Å²) in [6.07, 6.45) is -0.386. The van der Waals surface area contributed by atoms with Gasteiger partial charge in [-0.3, -0.25) is 0 Å². The molecular weight excluding hydrogens is 234 g/mol. The van der Waals surface area contributed by atoms with Gasteiger partial charge in [-0.25, -0.2) is 4.79 Å². The Balaban J connectivity index is 1.92. The summed E-state index contributed by atoms with van der Waals surface area (Å²) in [6.45, 7) is 2.88. The first-order chi connectivity index (χ1) is 8.70. The van der Waals surface area contributed by atoms with Crippen LogP contribution in [0, 0.1) is 0 Å². The molecule has 1 aromatic rings. The van der Waals surface area contributed by atoms with Gasteiger partial charge in [0.1, 0.15) is 5.75 Å². The van der Waals surface area contributed by atoms with Gasteiger partial charge in [0.05, 0.1) is 25.9 Å². The zero-order chi connectivity index (χ0) is 13.0. The van der Waals surface area contributed by atoms with Gasteiger partial charge in [0.15, 0.2) is 0 Å². The molecule has 0 bridgehead atoms. The lowest BCUT2D eigenvalue weighted by Crippen LogP contribution is -2.28. The quantitative estimate of drug-likeness (QED) is 0.848. The van der Waals surface area contributed by atoms with Gasteiger partial charge in [0.25, 0.3) is 0 Å². The van der Waals surface area contributed by atoms with Crippen LogP contribution in [0.3, 0.4) is 0 Å². The molecule has 0 spiro atoms. The summed E-state index contributed by atoms with van der Waals surface area (Å²) in [6, 6.07) is 5.58. The van der Waals surface area contributed by atoms with E-state index in [2.05, 4.69) is 5.32 Å². The Morgan fingerprint density at radius 3 is 3.22 bits per heavy atom. The van der Waals surface area contributed by atoms with E-state index in [9.17, 15) is 9.90 Å². The number of amides is 1. The van der Waals surface area contributed by atoms with Crippen molar-refractivity contribution in [2.45, 2.75) is 19.4 Å². The maximum atomic E-state index is 11.1. The van der Waals surface area contributed by atoms with Gasteiger partial charge in [-0.05, 0) is 30.2 Å². The summed E-state index contributed by atoms with van der Waals surface area (Å²) in [5.41, 5.74) is 1.87. The number of alkyl carbamates (subject to hydrolysis) is 1. The van der Waals surface area contributed by atoms with Crippen LogP contribution >= 0.6 is 0 Å². The van der Waals surface area contributed by atoms with E-state index in [1.54, 1.807) is 6.92 Å². The molecule has 1 atom stereocenters. The van der Waals surface area contributed by atoms with Gasteiger partial charge in [-0.1, -0.05) is 6.07 Å². The van der Waals surface area contributed by atoms with E-state index in [0.29, 0.717) is 13.2 Å². The highest BCUT2D eigenvalue weighted by Crippen LogP contribution is 2.27. The Kier molecular flexibility index (Phi) is 4.04. The normalized spacial score (nSPS) is 14.6. The molecule has 0 unspecified atom stereocenters. The average Bonchev–Trinajstić information content (AvgIpc) is 2.83. The molecule has 1 aliphatic heterocycles. The number of benzene rings is 1. The summed E-state index contributed by atoms with van der Waals surface area (Å²) >= 11 is 0. The van der Waals surface area contributed by atoms with E-state index < -0.39 is 12.2 Å². The summed E-state index contributed by atoms with van der Waals surface area (Å²) in [4.78, 5) is 11.1. The van der Waals surface area contributed by atoms with Crippen molar-refractivity contribution in [1.82, 2.24) is 5.32 Å². The number of aliphatic hydroxyl groups excluding tert-OH is 1. The molecule has 98 valence electrons. The zero-order valence-electron chi connectivity index (χ0n) is 10.3. The highest BCUT2D eigenvalue weighted by atomic mass is 16.5. The molecule has 0 radical (unpaired) electrons. The summed E-state index contributed by atoms with van der Waals surface area (Å²) in [5, 5.41) is 12.5. The lowest BCUT2D eigenvalue weighted by atomic mass is 10.0. The largest absolute Gasteiger partial charge is 0.493 e. The zero-order valence-corrected chi connectivity index (χ0v) is 10.3. The standard InChI is InChI=1S/C13H17NO4/c1-2-17-13(16)14-8-11(15)9-3-4-12-10(7-9)5-6-18-12/h3-4,7,11,15H,2,5-6,8H2,1H3,(H,14,16)/t11-/m0/s1. The topological polar surface area (TPSA) is 67.8 Å². The van der Waals surface area contributed by atoms with Crippen molar-refractivity contribution in [3.05, 3.63) is 29.3 Å². The summed E-state index contributed by atoms with van der Waals surface area (Å²) in [5.74, 6) is 0.879. The first-order valence-corrected chi connectivity index (χ1v) is 6.05. The maximum Gasteiger partial charge on any atom is 0.407 e. The Morgan fingerprint density at radius 2 is 2.44 bits per heavy atom. The van der Waals surface area contributed by atoms with Crippen LogP contribution in [-0.2, 0) is 11.2 Å². The lowest BCUT2D eigenvalue weighted by molar-refractivity contribution is 0.135. The van der Waals surface area contributed by atoms with E-state index >= 15 is 0 Å². The number of ether oxygens (including phenoxy) is 2. The molecule has 1 heterocycles. The smallest absolute Gasteiger partial charge is 0.407 e. The molecule has 2 rings (SSSR count). The van der Waals surface area contributed by atoms with Crippen molar-refractivity contribution in [3.8, 4) is 5.75 Å². The van der Waals surface area contributed by atoms with Crippen molar-refractivity contribution in [2.75, 3.05) is 19.8 Å². The fraction of sp³-hybridized carbons (Fsp3) is 0.462. The van der Waals surface area contributed by atoms with Crippen molar-refractivity contribution in [1.29, 1.82) is 0 Å². The predicted molar refractivity (Wildman–Crippen MR) is 65.6 cm³/mol. The number of hydrogen-bond donors (Lipinski definition) is 2. The van der Waals surface area contributed by atoms with Crippen LogP contribution in [0.2, 0.25) is 0 Å². The summed E-state index contributed by atoms with van der Waals surface area (Å²) in [7, 11) is 0. The lowest BCUT2D eigenvalue weighted by Gasteiger charge is -2.13. The van der Waals surface area contributed by atoms with E-state index in [1.807, 2.05) is 18.2 Å². The Labute approximate surface area is 106 Å². The minimum atomic E-state index is -0.736. The second-order valence-corrected chi connectivity index (χ2v) is 4.08. The minimum Gasteiger partial charge on any atom is -0.493 e. The van der Waals surface area contributed by atoms with Gasteiger partial charge in [-0.15, -0.1) is 0 Å². The van der Waals surface area contributed by atoms with Crippen molar-refractivity contribution in [3.63, 3.8) is 0 Å². The number of hydrogen-bond acceptors (Lipinski definition) is 4. The third kappa shape index (κ3) is 2.92. The van der Waals surface area contributed by atoms with Gasteiger partial charge in [-0.2, -0.15) is 0 Å². The number of fused-ring (bicyclic) bond motifs is 1. The van der Waals surface area contributed by atoms with E-state index in [-0.39, 0.29) is 6.54 Å². The second kappa shape index (κ2) is 5.73. The Hall–Kier alpha value is -1.75. The van der Waals surface area contributed by atoms with E-state index in [1.165, 1.54) is 0 Å². The molecule has 0 aliphatic carbocycles. The number of aliphatic hydroxyl groups is 1. The molecule has 2 N–H and O–H groups in total. The molecule has 5 heteroatoms. The SMILES string of the molecule is CCOC(=O)NC[C@H](O)c1ccc2c(c1)CCO2. The van der Waals surface area contributed by atoms with Crippen molar-refractivity contribution < 1.29 is 19.4 Å². The van der Waals surface area contributed by atoms with Crippen LogP contribution in [0.1, 0.15) is 24.2 Å².